The number of morpholine rings is 1. The van der Waals surface area contributed by atoms with Crippen molar-refractivity contribution in [2.24, 2.45) is 5.73 Å². The monoisotopic (exact) mass is 310 g/mol. The van der Waals surface area contributed by atoms with Crippen LogP contribution in [-0.2, 0) is 4.74 Å². The van der Waals surface area contributed by atoms with Gasteiger partial charge >= 0.3 is 0 Å². The summed E-state index contributed by atoms with van der Waals surface area (Å²) < 4.78 is 6.17. The van der Waals surface area contributed by atoms with Gasteiger partial charge in [-0.15, -0.1) is 0 Å². The van der Waals surface area contributed by atoms with E-state index in [1.807, 2.05) is 25.1 Å². The molecular weight excluding hydrogens is 284 g/mol. The number of hydrogen-bond acceptors (Lipinski definition) is 3. The van der Waals surface area contributed by atoms with E-state index in [2.05, 4.69) is 38.7 Å². The van der Waals surface area contributed by atoms with Crippen LogP contribution in [0, 0.1) is 0 Å². The number of halogens is 1. The molecule has 0 spiro atoms. The largest absolute Gasteiger partial charge is 0.367 e. The Morgan fingerprint density at radius 3 is 2.14 bits per heavy atom. The van der Waals surface area contributed by atoms with Gasteiger partial charge in [-0.1, -0.05) is 29.8 Å². The van der Waals surface area contributed by atoms with E-state index in [1.165, 1.54) is 0 Å². The lowest BCUT2D eigenvalue weighted by molar-refractivity contribution is -0.189. The number of benzene rings is 1. The standard InChI is InChI=1S/C17H27ClN2O/c1-12(19)15(13-8-6-7-9-14(13)18)20-10-16(2,3)21-17(4,5)11-20/h6-9,12,15H,10-11,19H2,1-5H3. The van der Waals surface area contributed by atoms with Crippen molar-refractivity contribution >= 4 is 11.6 Å². The second-order valence-corrected chi connectivity index (χ2v) is 7.76. The van der Waals surface area contributed by atoms with Gasteiger partial charge in [0, 0.05) is 24.2 Å². The van der Waals surface area contributed by atoms with Gasteiger partial charge in [-0.25, -0.2) is 0 Å². The number of hydrogen-bond donors (Lipinski definition) is 1. The summed E-state index contributed by atoms with van der Waals surface area (Å²) in [4.78, 5) is 2.41. The molecule has 0 radical (unpaired) electrons. The third-order valence-corrected chi connectivity index (χ3v) is 4.18. The highest BCUT2D eigenvalue weighted by Gasteiger charge is 2.41. The van der Waals surface area contributed by atoms with Gasteiger partial charge in [0.15, 0.2) is 0 Å². The summed E-state index contributed by atoms with van der Waals surface area (Å²) in [7, 11) is 0. The Labute approximate surface area is 133 Å². The van der Waals surface area contributed by atoms with Gasteiger partial charge in [-0.3, -0.25) is 4.90 Å². The van der Waals surface area contributed by atoms with Gasteiger partial charge < -0.3 is 10.5 Å². The zero-order chi connectivity index (χ0) is 15.8. The Kier molecular flexibility index (Phi) is 4.69. The van der Waals surface area contributed by atoms with E-state index in [0.29, 0.717) is 0 Å². The molecule has 2 N–H and O–H groups in total. The minimum Gasteiger partial charge on any atom is -0.367 e. The molecule has 1 aromatic rings. The van der Waals surface area contributed by atoms with Gasteiger partial charge in [-0.2, -0.15) is 0 Å². The normalized spacial score (nSPS) is 24.5. The Morgan fingerprint density at radius 2 is 1.67 bits per heavy atom. The molecule has 21 heavy (non-hydrogen) atoms. The third-order valence-electron chi connectivity index (χ3n) is 3.84. The van der Waals surface area contributed by atoms with Crippen molar-refractivity contribution < 1.29 is 4.74 Å². The lowest BCUT2D eigenvalue weighted by Crippen LogP contribution is -2.59. The van der Waals surface area contributed by atoms with E-state index in [1.54, 1.807) is 0 Å². The van der Waals surface area contributed by atoms with Crippen molar-refractivity contribution in [2.45, 2.75) is 57.9 Å². The maximum Gasteiger partial charge on any atom is 0.0761 e. The first-order chi connectivity index (χ1) is 9.61. The molecule has 0 amide bonds. The fraction of sp³-hybridized carbons (Fsp3) is 0.647. The lowest BCUT2D eigenvalue weighted by Gasteiger charge is -2.50. The number of nitrogens with two attached hydrogens (primary N) is 1. The number of nitrogens with zero attached hydrogens (tertiary/aromatic N) is 1. The molecule has 0 aliphatic carbocycles. The van der Waals surface area contributed by atoms with Crippen LogP contribution in [0.1, 0.15) is 46.2 Å². The molecule has 118 valence electrons. The highest BCUT2D eigenvalue weighted by atomic mass is 35.5. The first-order valence-corrected chi connectivity index (χ1v) is 7.93. The molecule has 1 aliphatic rings. The molecule has 0 saturated carbocycles. The summed E-state index contributed by atoms with van der Waals surface area (Å²) >= 11 is 6.41. The van der Waals surface area contributed by atoms with Gasteiger partial charge in [-0.05, 0) is 46.2 Å². The van der Waals surface area contributed by atoms with E-state index >= 15 is 0 Å². The van der Waals surface area contributed by atoms with Crippen LogP contribution < -0.4 is 5.73 Å². The smallest absolute Gasteiger partial charge is 0.0761 e. The van der Waals surface area contributed by atoms with Crippen LogP contribution >= 0.6 is 11.6 Å². The molecule has 1 aliphatic heterocycles. The molecule has 1 fully saturated rings. The number of ether oxygens (including phenoxy) is 1. The molecule has 2 rings (SSSR count). The predicted molar refractivity (Wildman–Crippen MR) is 88.7 cm³/mol. The van der Waals surface area contributed by atoms with Crippen LogP contribution in [0.4, 0.5) is 0 Å². The molecule has 3 nitrogen and oxygen atoms in total. The quantitative estimate of drug-likeness (QED) is 0.926. The fourth-order valence-corrected chi connectivity index (χ4v) is 3.82. The summed E-state index contributed by atoms with van der Waals surface area (Å²) in [5.41, 5.74) is 7.01. The Morgan fingerprint density at radius 1 is 1.14 bits per heavy atom. The van der Waals surface area contributed by atoms with Crippen molar-refractivity contribution in [1.29, 1.82) is 0 Å². The molecule has 1 saturated heterocycles. The molecule has 1 heterocycles. The SMILES string of the molecule is CC(N)C(c1ccccc1Cl)N1CC(C)(C)OC(C)(C)C1. The maximum absolute atomic E-state index is 6.41. The molecule has 2 unspecified atom stereocenters. The van der Waals surface area contributed by atoms with Crippen molar-refractivity contribution in [2.75, 3.05) is 13.1 Å². The lowest BCUT2D eigenvalue weighted by atomic mass is 9.92. The topological polar surface area (TPSA) is 38.5 Å². The van der Waals surface area contributed by atoms with Crippen LogP contribution in [0.15, 0.2) is 24.3 Å². The zero-order valence-corrected chi connectivity index (χ0v) is 14.4. The van der Waals surface area contributed by atoms with Crippen LogP contribution in [0.2, 0.25) is 5.02 Å². The molecule has 1 aromatic carbocycles. The first-order valence-electron chi connectivity index (χ1n) is 7.56. The second kappa shape index (κ2) is 5.88. The third kappa shape index (κ3) is 3.98. The fourth-order valence-electron chi connectivity index (χ4n) is 3.57. The number of rotatable bonds is 3. The van der Waals surface area contributed by atoms with E-state index in [0.717, 1.165) is 23.7 Å². The summed E-state index contributed by atoms with van der Waals surface area (Å²) in [5, 5.41) is 0.780. The highest BCUT2D eigenvalue weighted by molar-refractivity contribution is 6.31. The van der Waals surface area contributed by atoms with E-state index in [9.17, 15) is 0 Å². The summed E-state index contributed by atoms with van der Waals surface area (Å²) in [6.07, 6.45) is 0. The van der Waals surface area contributed by atoms with E-state index < -0.39 is 0 Å². The van der Waals surface area contributed by atoms with Crippen molar-refractivity contribution in [3.05, 3.63) is 34.9 Å². The first kappa shape index (κ1) is 16.8. The molecule has 0 aromatic heterocycles. The maximum atomic E-state index is 6.41. The predicted octanol–water partition coefficient (Wildman–Crippen LogP) is 3.62. The summed E-state index contributed by atoms with van der Waals surface area (Å²) in [5.74, 6) is 0. The Bertz CT molecular complexity index is 483. The van der Waals surface area contributed by atoms with E-state index in [-0.39, 0.29) is 23.3 Å². The van der Waals surface area contributed by atoms with Crippen molar-refractivity contribution in [1.82, 2.24) is 4.90 Å². The minimum atomic E-state index is -0.198. The van der Waals surface area contributed by atoms with Crippen molar-refractivity contribution in [3.8, 4) is 0 Å². The average Bonchev–Trinajstić information content (AvgIpc) is 2.27. The minimum absolute atomic E-state index is 0.00500. The van der Waals surface area contributed by atoms with Crippen LogP contribution in [0.5, 0.6) is 0 Å². The molecule has 4 heteroatoms. The van der Waals surface area contributed by atoms with Gasteiger partial charge in [0.05, 0.1) is 17.2 Å². The molecular formula is C17H27ClN2O. The zero-order valence-electron chi connectivity index (χ0n) is 13.7. The highest BCUT2D eigenvalue weighted by Crippen LogP contribution is 2.36. The van der Waals surface area contributed by atoms with E-state index in [4.69, 9.17) is 22.1 Å². The Balaban J connectivity index is 2.37. The van der Waals surface area contributed by atoms with Gasteiger partial charge in [0.25, 0.3) is 0 Å². The van der Waals surface area contributed by atoms with Crippen molar-refractivity contribution in [3.63, 3.8) is 0 Å². The van der Waals surface area contributed by atoms with Gasteiger partial charge in [0.2, 0.25) is 0 Å². The average molecular weight is 311 g/mol. The van der Waals surface area contributed by atoms with Crippen LogP contribution in [0.3, 0.4) is 0 Å². The Hall–Kier alpha value is -0.610. The summed E-state index contributed by atoms with van der Waals surface area (Å²) in [6.45, 7) is 12.3. The second-order valence-electron chi connectivity index (χ2n) is 7.35. The van der Waals surface area contributed by atoms with Crippen LogP contribution in [-0.4, -0.2) is 35.2 Å². The molecule has 2 atom stereocenters. The van der Waals surface area contributed by atoms with Gasteiger partial charge in [0.1, 0.15) is 0 Å². The van der Waals surface area contributed by atoms with Crippen LogP contribution in [0.25, 0.3) is 0 Å². The molecule has 0 bridgehead atoms. The summed E-state index contributed by atoms with van der Waals surface area (Å²) in [6, 6.07) is 8.08.